The lowest BCUT2D eigenvalue weighted by molar-refractivity contribution is -0.144. The Balaban J connectivity index is 1.83. The number of halogens is 1. The maximum atomic E-state index is 11.1. The zero-order valence-electron chi connectivity index (χ0n) is 11.0. The first-order chi connectivity index (χ1) is 9.10. The number of carbonyl (C=O) groups is 1. The minimum absolute atomic E-state index is 0.321. The number of carboxylic acids is 1. The van der Waals surface area contributed by atoms with Crippen molar-refractivity contribution in [1.29, 1.82) is 0 Å². The average Bonchev–Trinajstić information content (AvgIpc) is 2.77. The van der Waals surface area contributed by atoms with Crippen LogP contribution in [0, 0.1) is 0 Å². The molecule has 0 aliphatic carbocycles. The predicted molar refractivity (Wildman–Crippen MR) is 80.6 cm³/mol. The molecular formula is C13H19BrN2O2S. The van der Waals surface area contributed by atoms with Crippen molar-refractivity contribution in [3.8, 4) is 0 Å². The van der Waals surface area contributed by atoms with Crippen molar-refractivity contribution in [3.63, 3.8) is 0 Å². The molecule has 1 aliphatic heterocycles. The van der Waals surface area contributed by atoms with E-state index in [2.05, 4.69) is 37.9 Å². The third-order valence-electron chi connectivity index (χ3n) is 3.53. The summed E-state index contributed by atoms with van der Waals surface area (Å²) in [7, 11) is 0. The lowest BCUT2D eigenvalue weighted by atomic mass is 10.1. The largest absolute Gasteiger partial charge is 0.480 e. The Kier molecular flexibility index (Phi) is 5.38. The molecule has 1 aromatic heterocycles. The van der Waals surface area contributed by atoms with Crippen LogP contribution in [0.4, 0.5) is 0 Å². The molecular weight excluding hydrogens is 328 g/mol. The first kappa shape index (κ1) is 15.0. The monoisotopic (exact) mass is 346 g/mol. The summed E-state index contributed by atoms with van der Waals surface area (Å²) >= 11 is 5.24. The fourth-order valence-electron chi connectivity index (χ4n) is 2.48. The molecule has 0 radical (unpaired) electrons. The number of hydrogen-bond acceptors (Lipinski definition) is 4. The van der Waals surface area contributed by atoms with Gasteiger partial charge in [0.1, 0.15) is 6.04 Å². The number of hydrogen-bond donors (Lipinski definition) is 1. The van der Waals surface area contributed by atoms with Gasteiger partial charge < -0.3 is 5.11 Å². The van der Waals surface area contributed by atoms with Gasteiger partial charge in [-0.25, -0.2) is 0 Å². The molecule has 19 heavy (non-hydrogen) atoms. The molecule has 1 atom stereocenters. The molecule has 1 saturated heterocycles. The van der Waals surface area contributed by atoms with Crippen molar-refractivity contribution in [3.05, 3.63) is 20.8 Å². The standard InChI is InChI=1S/C13H19BrN2O2S/c1-2-11(13(17)18)16-7-5-15(6-8-16)9-10-3-4-12(14)19-10/h3-4,11H,2,5-9H2,1H3,(H,17,18). The van der Waals surface area contributed by atoms with Crippen LogP contribution in [0.3, 0.4) is 0 Å². The highest BCUT2D eigenvalue weighted by molar-refractivity contribution is 9.11. The number of thiophene rings is 1. The summed E-state index contributed by atoms with van der Waals surface area (Å²) in [5, 5.41) is 9.17. The summed E-state index contributed by atoms with van der Waals surface area (Å²) < 4.78 is 1.16. The number of piperazine rings is 1. The van der Waals surface area contributed by atoms with Gasteiger partial charge in [-0.3, -0.25) is 14.6 Å². The molecule has 1 aromatic rings. The van der Waals surface area contributed by atoms with E-state index in [1.165, 1.54) is 4.88 Å². The average molecular weight is 347 g/mol. The van der Waals surface area contributed by atoms with E-state index in [9.17, 15) is 9.90 Å². The molecule has 0 amide bonds. The van der Waals surface area contributed by atoms with E-state index >= 15 is 0 Å². The molecule has 2 heterocycles. The van der Waals surface area contributed by atoms with Crippen LogP contribution in [0.25, 0.3) is 0 Å². The van der Waals surface area contributed by atoms with Crippen molar-refractivity contribution in [2.24, 2.45) is 0 Å². The second kappa shape index (κ2) is 6.83. The van der Waals surface area contributed by atoms with Crippen LogP contribution in [0.15, 0.2) is 15.9 Å². The van der Waals surface area contributed by atoms with Crippen molar-refractivity contribution < 1.29 is 9.90 Å². The number of rotatable bonds is 5. The first-order valence-corrected chi connectivity index (χ1v) is 8.14. The van der Waals surface area contributed by atoms with Crippen LogP contribution in [-0.4, -0.2) is 53.1 Å². The topological polar surface area (TPSA) is 43.8 Å². The highest BCUT2D eigenvalue weighted by Gasteiger charge is 2.27. The maximum Gasteiger partial charge on any atom is 0.320 e. The minimum Gasteiger partial charge on any atom is -0.480 e. The Labute approximate surface area is 126 Å². The van der Waals surface area contributed by atoms with Crippen molar-refractivity contribution in [1.82, 2.24) is 9.80 Å². The normalized spacial score (nSPS) is 19.5. The first-order valence-electron chi connectivity index (χ1n) is 6.53. The van der Waals surface area contributed by atoms with Crippen molar-refractivity contribution >= 4 is 33.2 Å². The summed E-state index contributed by atoms with van der Waals surface area (Å²) in [5.74, 6) is -0.696. The van der Waals surface area contributed by atoms with E-state index in [1.54, 1.807) is 11.3 Å². The van der Waals surface area contributed by atoms with Gasteiger partial charge in [-0.05, 0) is 34.5 Å². The SMILES string of the molecule is CCC(C(=O)O)N1CCN(Cc2ccc(Br)s2)CC1. The summed E-state index contributed by atoms with van der Waals surface area (Å²) in [5.41, 5.74) is 0. The third kappa shape index (κ3) is 4.02. The van der Waals surface area contributed by atoms with Crippen molar-refractivity contribution in [2.45, 2.75) is 25.9 Å². The van der Waals surface area contributed by atoms with Crippen LogP contribution < -0.4 is 0 Å². The Morgan fingerprint density at radius 3 is 2.58 bits per heavy atom. The fourth-order valence-corrected chi connectivity index (χ4v) is 4.00. The molecule has 2 rings (SSSR count). The van der Waals surface area contributed by atoms with Crippen LogP contribution in [0.5, 0.6) is 0 Å². The molecule has 1 unspecified atom stereocenters. The van der Waals surface area contributed by atoms with E-state index in [0.717, 1.165) is 36.5 Å². The smallest absolute Gasteiger partial charge is 0.320 e. The summed E-state index contributed by atoms with van der Waals surface area (Å²) in [6.07, 6.45) is 0.674. The Hall–Kier alpha value is -0.430. The summed E-state index contributed by atoms with van der Waals surface area (Å²) in [4.78, 5) is 17.0. The second-order valence-electron chi connectivity index (χ2n) is 4.78. The van der Waals surface area contributed by atoms with E-state index in [1.807, 2.05) is 6.92 Å². The van der Waals surface area contributed by atoms with Gasteiger partial charge in [0.15, 0.2) is 0 Å². The molecule has 6 heteroatoms. The van der Waals surface area contributed by atoms with Gasteiger partial charge in [-0.1, -0.05) is 6.92 Å². The highest BCUT2D eigenvalue weighted by Crippen LogP contribution is 2.23. The van der Waals surface area contributed by atoms with Gasteiger partial charge in [0, 0.05) is 37.6 Å². The van der Waals surface area contributed by atoms with Gasteiger partial charge in [0.25, 0.3) is 0 Å². The summed E-state index contributed by atoms with van der Waals surface area (Å²) in [6, 6.07) is 3.90. The van der Waals surface area contributed by atoms with E-state index in [4.69, 9.17) is 0 Å². The predicted octanol–water partition coefficient (Wildman–Crippen LogP) is 2.49. The highest BCUT2D eigenvalue weighted by atomic mass is 79.9. The number of nitrogens with zero attached hydrogens (tertiary/aromatic N) is 2. The molecule has 1 aliphatic rings. The molecule has 1 fully saturated rings. The Morgan fingerprint density at radius 2 is 2.11 bits per heavy atom. The quantitative estimate of drug-likeness (QED) is 0.889. The Morgan fingerprint density at radius 1 is 1.42 bits per heavy atom. The zero-order valence-corrected chi connectivity index (χ0v) is 13.4. The van der Waals surface area contributed by atoms with Crippen molar-refractivity contribution in [2.75, 3.05) is 26.2 Å². The molecule has 4 nitrogen and oxygen atoms in total. The molecule has 0 saturated carbocycles. The van der Waals surface area contributed by atoms with E-state index in [0.29, 0.717) is 6.42 Å². The molecule has 0 spiro atoms. The van der Waals surface area contributed by atoms with Crippen LogP contribution >= 0.6 is 27.3 Å². The van der Waals surface area contributed by atoms with Gasteiger partial charge in [-0.2, -0.15) is 0 Å². The van der Waals surface area contributed by atoms with Gasteiger partial charge >= 0.3 is 5.97 Å². The lowest BCUT2D eigenvalue weighted by Gasteiger charge is -2.37. The fraction of sp³-hybridized carbons (Fsp3) is 0.615. The van der Waals surface area contributed by atoms with E-state index in [-0.39, 0.29) is 6.04 Å². The van der Waals surface area contributed by atoms with Crippen LogP contribution in [-0.2, 0) is 11.3 Å². The molecule has 1 N–H and O–H groups in total. The third-order valence-corrected chi connectivity index (χ3v) is 5.14. The number of carboxylic acid groups (broad SMARTS) is 1. The lowest BCUT2D eigenvalue weighted by Crippen LogP contribution is -2.52. The molecule has 0 bridgehead atoms. The minimum atomic E-state index is -0.696. The number of aliphatic carboxylic acids is 1. The molecule has 0 aromatic carbocycles. The van der Waals surface area contributed by atoms with Gasteiger partial charge in [0.2, 0.25) is 0 Å². The van der Waals surface area contributed by atoms with Gasteiger partial charge in [0.05, 0.1) is 3.79 Å². The van der Waals surface area contributed by atoms with Crippen LogP contribution in [0.1, 0.15) is 18.2 Å². The van der Waals surface area contributed by atoms with Crippen LogP contribution in [0.2, 0.25) is 0 Å². The Bertz CT molecular complexity index is 430. The van der Waals surface area contributed by atoms with E-state index < -0.39 is 5.97 Å². The maximum absolute atomic E-state index is 11.1. The molecule has 106 valence electrons. The second-order valence-corrected chi connectivity index (χ2v) is 7.33. The van der Waals surface area contributed by atoms with Gasteiger partial charge in [-0.15, -0.1) is 11.3 Å². The summed E-state index contributed by atoms with van der Waals surface area (Å²) in [6.45, 7) is 6.48. The zero-order chi connectivity index (χ0) is 13.8.